The van der Waals surface area contributed by atoms with Gasteiger partial charge in [-0.2, -0.15) is 0 Å². The summed E-state index contributed by atoms with van der Waals surface area (Å²) in [7, 11) is 0. The molecule has 2 N–H and O–H groups in total. The van der Waals surface area contributed by atoms with Gasteiger partial charge in [0.15, 0.2) is 5.82 Å². The second-order valence-electron chi connectivity index (χ2n) is 7.39. The Morgan fingerprint density at radius 3 is 2.33 bits per heavy atom. The van der Waals surface area contributed by atoms with Crippen molar-refractivity contribution in [2.45, 2.75) is 52.5 Å². The predicted octanol–water partition coefficient (Wildman–Crippen LogP) is 1.62. The summed E-state index contributed by atoms with van der Waals surface area (Å²) in [5, 5.41) is 9.58. The molecule has 8 nitrogen and oxygen atoms in total. The lowest BCUT2D eigenvalue weighted by Crippen LogP contribution is -2.51. The van der Waals surface area contributed by atoms with Gasteiger partial charge in [-0.25, -0.2) is 0 Å². The first-order chi connectivity index (χ1) is 13.0. The smallest absolute Gasteiger partial charge is 0.239 e. The minimum Gasteiger partial charge on any atom is -0.360 e. The van der Waals surface area contributed by atoms with Gasteiger partial charge in [0.1, 0.15) is 5.76 Å². The van der Waals surface area contributed by atoms with Gasteiger partial charge in [-0.1, -0.05) is 31.3 Å². The summed E-state index contributed by atoms with van der Waals surface area (Å²) < 4.78 is 4.94. The molecule has 2 heterocycles. The summed E-state index contributed by atoms with van der Waals surface area (Å²) in [6, 6.07) is 1.92. The molecule has 1 atom stereocenters. The normalized spacial score (nSPS) is 16.9. The molecule has 0 bridgehead atoms. The van der Waals surface area contributed by atoms with Gasteiger partial charge >= 0.3 is 0 Å². The first kappa shape index (κ1) is 21.4. The van der Waals surface area contributed by atoms with Gasteiger partial charge in [0.2, 0.25) is 11.8 Å². The highest BCUT2D eigenvalue weighted by atomic mass is 16.5. The Bertz CT molecular complexity index is 596. The van der Waals surface area contributed by atoms with Crippen LogP contribution in [0, 0.1) is 6.92 Å². The van der Waals surface area contributed by atoms with Gasteiger partial charge in [-0.3, -0.25) is 19.4 Å². The molecule has 1 unspecified atom stereocenters. The Morgan fingerprint density at radius 2 is 1.78 bits per heavy atom. The highest BCUT2D eigenvalue weighted by Crippen LogP contribution is 2.08. The van der Waals surface area contributed by atoms with Gasteiger partial charge in [-0.15, -0.1) is 0 Å². The van der Waals surface area contributed by atoms with Gasteiger partial charge in [0, 0.05) is 38.3 Å². The molecule has 1 aliphatic rings. The highest BCUT2D eigenvalue weighted by Gasteiger charge is 2.21. The summed E-state index contributed by atoms with van der Waals surface area (Å²) in [5.41, 5.74) is 0. The number of nitrogens with zero attached hydrogens (tertiary/aromatic N) is 3. The number of rotatable bonds is 10. The number of anilines is 1. The Morgan fingerprint density at radius 1 is 1.15 bits per heavy atom. The molecule has 0 saturated carbocycles. The van der Waals surface area contributed by atoms with Crippen LogP contribution in [0.15, 0.2) is 10.6 Å². The molecule has 27 heavy (non-hydrogen) atoms. The second kappa shape index (κ2) is 11.0. The van der Waals surface area contributed by atoms with Crippen LogP contribution < -0.4 is 10.6 Å². The van der Waals surface area contributed by atoms with Crippen LogP contribution in [0.4, 0.5) is 5.82 Å². The van der Waals surface area contributed by atoms with Crippen molar-refractivity contribution in [2.75, 3.05) is 44.6 Å². The molecule has 152 valence electrons. The van der Waals surface area contributed by atoms with Gasteiger partial charge < -0.3 is 15.2 Å². The lowest BCUT2D eigenvalue weighted by Gasteiger charge is -2.34. The fourth-order valence-electron chi connectivity index (χ4n) is 3.21. The maximum atomic E-state index is 12.2. The number of hydrogen-bond acceptors (Lipinski definition) is 6. The first-order valence-electron chi connectivity index (χ1n) is 9.93. The van der Waals surface area contributed by atoms with Crippen LogP contribution in [0.2, 0.25) is 0 Å². The maximum Gasteiger partial charge on any atom is 0.239 e. The third-order valence-corrected chi connectivity index (χ3v) is 4.74. The molecule has 1 aliphatic heterocycles. The zero-order valence-corrected chi connectivity index (χ0v) is 16.8. The van der Waals surface area contributed by atoms with E-state index in [4.69, 9.17) is 4.52 Å². The van der Waals surface area contributed by atoms with E-state index in [0.29, 0.717) is 24.7 Å². The molecule has 2 rings (SSSR count). The predicted molar refractivity (Wildman–Crippen MR) is 104 cm³/mol. The summed E-state index contributed by atoms with van der Waals surface area (Å²) >= 11 is 0. The van der Waals surface area contributed by atoms with Crippen molar-refractivity contribution in [1.29, 1.82) is 0 Å². The number of aromatic nitrogens is 1. The molecule has 1 aromatic rings. The van der Waals surface area contributed by atoms with E-state index in [1.54, 1.807) is 13.0 Å². The minimum absolute atomic E-state index is 0.0894. The molecule has 2 amide bonds. The Hall–Kier alpha value is -1.93. The number of aryl methyl sites for hydroxylation is 1. The number of amides is 2. The summed E-state index contributed by atoms with van der Waals surface area (Å²) in [4.78, 5) is 28.5. The maximum absolute atomic E-state index is 12.2. The van der Waals surface area contributed by atoms with Crippen molar-refractivity contribution in [3.63, 3.8) is 0 Å². The molecule has 0 spiro atoms. The molecule has 8 heteroatoms. The van der Waals surface area contributed by atoms with E-state index < -0.39 is 0 Å². The van der Waals surface area contributed by atoms with E-state index in [0.717, 1.165) is 39.0 Å². The SMILES string of the molecule is CCCCCC(C)NC(=O)CN1CCN(CC(=O)Nc2cc(C)on2)CC1. The number of piperazine rings is 1. The van der Waals surface area contributed by atoms with E-state index in [1.165, 1.54) is 12.8 Å². The topological polar surface area (TPSA) is 90.7 Å². The summed E-state index contributed by atoms with van der Waals surface area (Å²) in [6.45, 7) is 9.89. The first-order valence-corrected chi connectivity index (χ1v) is 9.93. The van der Waals surface area contributed by atoms with E-state index >= 15 is 0 Å². The average molecular weight is 380 g/mol. The lowest BCUT2D eigenvalue weighted by molar-refractivity contribution is -0.124. The molecular formula is C19H33N5O3. The van der Waals surface area contributed by atoms with Crippen molar-refractivity contribution < 1.29 is 14.1 Å². The third-order valence-electron chi connectivity index (χ3n) is 4.74. The number of carbonyl (C=O) groups is 2. The molecule has 1 aromatic heterocycles. The van der Waals surface area contributed by atoms with E-state index in [1.807, 2.05) is 0 Å². The number of unbranched alkanes of at least 4 members (excludes halogenated alkanes) is 2. The summed E-state index contributed by atoms with van der Waals surface area (Å²) in [6.07, 6.45) is 4.60. The van der Waals surface area contributed by atoms with Crippen molar-refractivity contribution >= 4 is 17.6 Å². The zero-order chi connectivity index (χ0) is 19.6. The van der Waals surface area contributed by atoms with Crippen LogP contribution in [0.5, 0.6) is 0 Å². The van der Waals surface area contributed by atoms with Crippen LogP contribution >= 0.6 is 0 Å². The van der Waals surface area contributed by atoms with Crippen molar-refractivity contribution in [2.24, 2.45) is 0 Å². The van der Waals surface area contributed by atoms with Crippen LogP contribution in [0.25, 0.3) is 0 Å². The van der Waals surface area contributed by atoms with Crippen LogP contribution in [0.1, 0.15) is 45.3 Å². The van der Waals surface area contributed by atoms with Crippen LogP contribution in [-0.4, -0.2) is 72.1 Å². The average Bonchev–Trinajstić information content (AvgIpc) is 3.01. The Labute approximate surface area is 161 Å². The molecular weight excluding hydrogens is 346 g/mol. The largest absolute Gasteiger partial charge is 0.360 e. The van der Waals surface area contributed by atoms with Crippen molar-refractivity contribution in [1.82, 2.24) is 20.3 Å². The van der Waals surface area contributed by atoms with Gasteiger partial charge in [0.05, 0.1) is 13.1 Å². The molecule has 1 saturated heterocycles. The number of hydrogen-bond donors (Lipinski definition) is 2. The van der Waals surface area contributed by atoms with Gasteiger partial charge in [0.25, 0.3) is 0 Å². The number of nitrogens with one attached hydrogen (secondary N) is 2. The third kappa shape index (κ3) is 8.09. The monoisotopic (exact) mass is 379 g/mol. The van der Waals surface area contributed by atoms with Crippen LogP contribution in [-0.2, 0) is 9.59 Å². The fraction of sp³-hybridized carbons (Fsp3) is 0.737. The quantitative estimate of drug-likeness (QED) is 0.601. The van der Waals surface area contributed by atoms with Crippen molar-refractivity contribution in [3.05, 3.63) is 11.8 Å². The zero-order valence-electron chi connectivity index (χ0n) is 16.8. The highest BCUT2D eigenvalue weighted by molar-refractivity contribution is 5.91. The Balaban J connectivity index is 1.61. The van der Waals surface area contributed by atoms with E-state index in [9.17, 15) is 9.59 Å². The molecule has 0 aliphatic carbocycles. The number of carbonyl (C=O) groups excluding carboxylic acids is 2. The standard InChI is InChI=1S/C19H33N5O3/c1-4-5-6-7-15(2)20-18(25)13-23-8-10-24(11-9-23)14-19(26)21-17-12-16(3)27-22-17/h12,15H,4-11,13-14H2,1-3H3,(H,20,25)(H,21,22,26). The second-order valence-corrected chi connectivity index (χ2v) is 7.39. The van der Waals surface area contributed by atoms with Crippen LogP contribution in [0.3, 0.4) is 0 Å². The van der Waals surface area contributed by atoms with E-state index in [2.05, 4.69) is 39.4 Å². The molecule has 1 fully saturated rings. The Kier molecular flexibility index (Phi) is 8.74. The van der Waals surface area contributed by atoms with Crippen molar-refractivity contribution in [3.8, 4) is 0 Å². The lowest BCUT2D eigenvalue weighted by atomic mass is 10.1. The summed E-state index contributed by atoms with van der Waals surface area (Å²) in [5.74, 6) is 1.10. The molecule has 0 radical (unpaired) electrons. The fourth-order valence-corrected chi connectivity index (χ4v) is 3.21. The van der Waals surface area contributed by atoms with Gasteiger partial charge in [-0.05, 0) is 20.3 Å². The molecule has 0 aromatic carbocycles. The minimum atomic E-state index is -0.101. The van der Waals surface area contributed by atoms with E-state index in [-0.39, 0.29) is 17.9 Å².